The van der Waals surface area contributed by atoms with Crippen molar-refractivity contribution in [2.75, 3.05) is 6.61 Å². The lowest BCUT2D eigenvalue weighted by atomic mass is 9.45. The van der Waals surface area contributed by atoms with Gasteiger partial charge in [-0.3, -0.25) is 0 Å². The van der Waals surface area contributed by atoms with E-state index in [9.17, 15) is 31.4 Å². The van der Waals surface area contributed by atoms with Crippen LogP contribution >= 0.6 is 0 Å². The molecular formula is C16H22F6O2. The number of alkyl halides is 6. The summed E-state index contributed by atoms with van der Waals surface area (Å²) in [6, 6.07) is 0. The van der Waals surface area contributed by atoms with E-state index in [2.05, 4.69) is 6.92 Å². The molecule has 1 N–H and O–H groups in total. The number of hydrogen-bond acceptors (Lipinski definition) is 2. The van der Waals surface area contributed by atoms with Crippen molar-refractivity contribution in [2.45, 2.75) is 69.5 Å². The average Bonchev–Trinajstić information content (AvgIpc) is 2.38. The van der Waals surface area contributed by atoms with Gasteiger partial charge in [0.05, 0.1) is 12.2 Å². The predicted molar refractivity (Wildman–Crippen MR) is 73.1 cm³/mol. The van der Waals surface area contributed by atoms with Crippen molar-refractivity contribution in [1.29, 1.82) is 0 Å². The first kappa shape index (κ1) is 18.3. The highest BCUT2D eigenvalue weighted by atomic mass is 19.4. The summed E-state index contributed by atoms with van der Waals surface area (Å²) >= 11 is 0. The van der Waals surface area contributed by atoms with E-state index in [1.54, 1.807) is 6.92 Å². The summed E-state index contributed by atoms with van der Waals surface area (Å²) in [7, 11) is 0. The normalized spacial score (nSPS) is 42.6. The lowest BCUT2D eigenvalue weighted by molar-refractivity contribution is -0.387. The van der Waals surface area contributed by atoms with Gasteiger partial charge in [-0.25, -0.2) is 0 Å². The summed E-state index contributed by atoms with van der Waals surface area (Å²) in [5, 5.41) is 9.33. The minimum atomic E-state index is -5.83. The van der Waals surface area contributed by atoms with Crippen LogP contribution in [0.4, 0.5) is 26.3 Å². The third kappa shape index (κ3) is 2.55. The van der Waals surface area contributed by atoms with Gasteiger partial charge < -0.3 is 9.84 Å². The molecule has 4 rings (SSSR count). The number of halogens is 6. The van der Waals surface area contributed by atoms with Crippen LogP contribution in [0.15, 0.2) is 0 Å². The molecule has 0 aromatic heterocycles. The fraction of sp³-hybridized carbons (Fsp3) is 1.00. The standard InChI is InChI=1S/C16H22F6O2/c1-12-5-9-3-10(6-12)13(2,11(4-9)7-12)24-8-14(23,15(17,18)19)16(20,21)22/h9-11,23H,3-8H2,1-2H3. The molecule has 4 fully saturated rings. The molecule has 2 unspecified atom stereocenters. The van der Waals surface area contributed by atoms with E-state index in [0.29, 0.717) is 5.92 Å². The Hall–Kier alpha value is -0.500. The predicted octanol–water partition coefficient (Wildman–Crippen LogP) is 4.46. The van der Waals surface area contributed by atoms with E-state index in [1.165, 1.54) is 0 Å². The number of aliphatic hydroxyl groups is 1. The zero-order valence-electron chi connectivity index (χ0n) is 13.6. The van der Waals surface area contributed by atoms with Crippen LogP contribution in [0.3, 0.4) is 0 Å². The molecule has 24 heavy (non-hydrogen) atoms. The molecule has 4 aliphatic carbocycles. The van der Waals surface area contributed by atoms with E-state index in [-0.39, 0.29) is 17.3 Å². The Balaban J connectivity index is 1.81. The summed E-state index contributed by atoms with van der Waals surface area (Å²) in [5.74, 6) is 0.368. The Bertz CT molecular complexity index is 482. The highest BCUT2D eigenvalue weighted by molar-refractivity contribution is 5.10. The van der Waals surface area contributed by atoms with Crippen molar-refractivity contribution in [3.05, 3.63) is 0 Å². The Labute approximate surface area is 136 Å². The monoisotopic (exact) mass is 360 g/mol. The van der Waals surface area contributed by atoms with Crippen molar-refractivity contribution in [2.24, 2.45) is 23.2 Å². The van der Waals surface area contributed by atoms with Gasteiger partial charge in [0, 0.05) is 0 Å². The second-order valence-electron chi connectivity index (χ2n) is 8.48. The second-order valence-corrected chi connectivity index (χ2v) is 8.48. The maximum absolute atomic E-state index is 12.8. The van der Waals surface area contributed by atoms with Gasteiger partial charge in [-0.2, -0.15) is 26.3 Å². The fourth-order valence-electron chi connectivity index (χ4n) is 5.40. The zero-order chi connectivity index (χ0) is 18.2. The lowest BCUT2D eigenvalue weighted by Crippen LogP contribution is -2.64. The largest absolute Gasteiger partial charge is 0.428 e. The molecule has 0 spiro atoms. The van der Waals surface area contributed by atoms with Crippen LogP contribution in [0.1, 0.15) is 46.0 Å². The first-order valence-electron chi connectivity index (χ1n) is 8.20. The van der Waals surface area contributed by atoms with Crippen LogP contribution in [0.2, 0.25) is 0 Å². The van der Waals surface area contributed by atoms with Crippen LogP contribution in [0.5, 0.6) is 0 Å². The molecule has 0 radical (unpaired) electrons. The van der Waals surface area contributed by atoms with Gasteiger partial charge in [-0.05, 0) is 62.2 Å². The molecule has 4 bridgehead atoms. The average molecular weight is 360 g/mol. The summed E-state index contributed by atoms with van der Waals surface area (Å²) in [5.41, 5.74) is -5.76. The summed E-state index contributed by atoms with van der Waals surface area (Å²) in [4.78, 5) is 0. The van der Waals surface area contributed by atoms with Gasteiger partial charge in [0.25, 0.3) is 5.60 Å². The zero-order valence-corrected chi connectivity index (χ0v) is 13.6. The molecule has 2 nitrogen and oxygen atoms in total. The molecule has 0 heterocycles. The summed E-state index contributed by atoms with van der Waals surface area (Å²) in [6.07, 6.45) is -7.53. The number of rotatable bonds is 3. The third-order valence-electron chi connectivity index (χ3n) is 6.65. The smallest absolute Gasteiger partial charge is 0.372 e. The SMILES string of the molecule is CC12CC3CC(C1)C(C)(OCC(O)(C(F)(F)F)C(F)(F)F)C(C3)C2. The van der Waals surface area contributed by atoms with E-state index in [0.717, 1.165) is 32.1 Å². The lowest BCUT2D eigenvalue weighted by Gasteiger charge is -2.63. The van der Waals surface area contributed by atoms with Gasteiger partial charge in [0.15, 0.2) is 0 Å². The highest BCUT2D eigenvalue weighted by Gasteiger charge is 2.71. The quantitative estimate of drug-likeness (QED) is 0.753. The molecule has 0 aliphatic heterocycles. The van der Waals surface area contributed by atoms with Crippen molar-refractivity contribution >= 4 is 0 Å². The van der Waals surface area contributed by atoms with Crippen molar-refractivity contribution in [3.63, 3.8) is 0 Å². The Morgan fingerprint density at radius 1 is 0.917 bits per heavy atom. The molecule has 140 valence electrons. The molecule has 0 aromatic rings. The van der Waals surface area contributed by atoms with E-state index in [1.807, 2.05) is 0 Å². The molecule has 0 amide bonds. The maximum atomic E-state index is 12.8. The molecule has 4 saturated carbocycles. The van der Waals surface area contributed by atoms with E-state index in [4.69, 9.17) is 4.74 Å². The molecule has 4 aliphatic rings. The van der Waals surface area contributed by atoms with E-state index >= 15 is 0 Å². The summed E-state index contributed by atoms with van der Waals surface area (Å²) in [6.45, 7) is 1.96. The molecule has 2 atom stereocenters. The van der Waals surface area contributed by atoms with Crippen molar-refractivity contribution in [1.82, 2.24) is 0 Å². The van der Waals surface area contributed by atoms with E-state index < -0.39 is 30.2 Å². The third-order valence-corrected chi connectivity index (χ3v) is 6.65. The first-order valence-corrected chi connectivity index (χ1v) is 8.20. The van der Waals surface area contributed by atoms with Crippen LogP contribution in [-0.4, -0.2) is 35.3 Å². The number of hydrogen-bond donors (Lipinski definition) is 1. The molecular weight excluding hydrogens is 338 g/mol. The van der Waals surface area contributed by atoms with Gasteiger partial charge in [0.2, 0.25) is 0 Å². The van der Waals surface area contributed by atoms with Gasteiger partial charge in [-0.15, -0.1) is 0 Å². The van der Waals surface area contributed by atoms with Crippen LogP contribution in [0.25, 0.3) is 0 Å². The van der Waals surface area contributed by atoms with Crippen LogP contribution in [0, 0.1) is 23.2 Å². The van der Waals surface area contributed by atoms with Crippen molar-refractivity contribution in [3.8, 4) is 0 Å². The summed E-state index contributed by atoms with van der Waals surface area (Å²) < 4.78 is 82.4. The van der Waals surface area contributed by atoms with Crippen molar-refractivity contribution < 1.29 is 36.2 Å². The van der Waals surface area contributed by atoms with Gasteiger partial charge in [0.1, 0.15) is 0 Å². The Morgan fingerprint density at radius 2 is 1.38 bits per heavy atom. The maximum Gasteiger partial charge on any atom is 0.428 e. The van der Waals surface area contributed by atoms with Crippen LogP contribution < -0.4 is 0 Å². The van der Waals surface area contributed by atoms with Gasteiger partial charge in [-0.1, -0.05) is 6.92 Å². The minimum absolute atomic E-state index is 0.0560. The second kappa shape index (κ2) is 5.02. The molecule has 8 heteroatoms. The minimum Gasteiger partial charge on any atom is -0.372 e. The molecule has 0 aromatic carbocycles. The Morgan fingerprint density at radius 3 is 1.75 bits per heavy atom. The highest BCUT2D eigenvalue weighted by Crippen LogP contribution is 2.64. The first-order chi connectivity index (χ1) is 10.7. The molecule has 0 saturated heterocycles. The Kier molecular flexibility index (Phi) is 3.83. The fourth-order valence-corrected chi connectivity index (χ4v) is 5.40. The topological polar surface area (TPSA) is 29.5 Å². The number of ether oxygens (including phenoxy) is 1. The van der Waals surface area contributed by atoms with Crippen LogP contribution in [-0.2, 0) is 4.74 Å². The van der Waals surface area contributed by atoms with Gasteiger partial charge >= 0.3 is 12.4 Å².